The van der Waals surface area contributed by atoms with Crippen LogP contribution in [0.5, 0.6) is 0 Å². The maximum Gasteiger partial charge on any atom is 0.319 e. The Bertz CT molecular complexity index is 1050. The van der Waals surface area contributed by atoms with Gasteiger partial charge in [-0.3, -0.25) is 4.79 Å². The van der Waals surface area contributed by atoms with E-state index in [-0.39, 0.29) is 6.61 Å². The van der Waals surface area contributed by atoms with Crippen LogP contribution in [0, 0.1) is 17.7 Å². The number of carbonyl (C=O) groups excluding carboxylic acids is 1. The third-order valence-corrected chi connectivity index (χ3v) is 5.04. The van der Waals surface area contributed by atoms with Gasteiger partial charge < -0.3 is 14.2 Å². The Labute approximate surface area is 180 Å². The molecular formula is C22H15ClF3NO4. The molecule has 4 rings (SSSR count). The molecule has 0 amide bonds. The summed E-state index contributed by atoms with van der Waals surface area (Å²) in [5.74, 6) is -7.48. The molecule has 1 aliphatic heterocycles. The van der Waals surface area contributed by atoms with Crippen LogP contribution in [0.25, 0.3) is 0 Å². The van der Waals surface area contributed by atoms with Gasteiger partial charge in [0.1, 0.15) is 17.5 Å². The molecule has 1 fully saturated rings. The second-order valence-corrected chi connectivity index (χ2v) is 7.07. The van der Waals surface area contributed by atoms with E-state index in [4.69, 9.17) is 25.8 Å². The molecule has 1 aliphatic rings. The predicted octanol–water partition coefficient (Wildman–Crippen LogP) is 5.05. The normalized spacial score (nSPS) is 18.8. The van der Waals surface area contributed by atoms with Gasteiger partial charge in [0, 0.05) is 11.1 Å². The summed E-state index contributed by atoms with van der Waals surface area (Å²) in [4.78, 5) is 15.6. The number of nitrogens with zero attached hydrogens (tertiary/aromatic N) is 1. The van der Waals surface area contributed by atoms with E-state index in [2.05, 4.69) is 4.98 Å². The van der Waals surface area contributed by atoms with Crippen molar-refractivity contribution in [1.82, 2.24) is 4.98 Å². The molecule has 0 spiro atoms. The summed E-state index contributed by atoms with van der Waals surface area (Å²) in [5, 5.41) is -0.851. The van der Waals surface area contributed by atoms with Crippen LogP contribution >= 0.6 is 11.6 Å². The Hall–Kier alpha value is -2.94. The zero-order valence-electron chi connectivity index (χ0n) is 15.8. The monoisotopic (exact) mass is 449 g/mol. The van der Waals surface area contributed by atoms with Crippen LogP contribution in [-0.4, -0.2) is 17.2 Å². The SMILES string of the molecule is O=C(OCc1ccccc1)C(c1c(F)c(F)nc(F)c1Cl)C1OC(c2ccccc2)O1. The van der Waals surface area contributed by atoms with E-state index in [1.54, 1.807) is 60.7 Å². The van der Waals surface area contributed by atoms with Crippen molar-refractivity contribution in [3.63, 3.8) is 0 Å². The lowest BCUT2D eigenvalue weighted by Crippen LogP contribution is -2.43. The number of ether oxygens (including phenoxy) is 3. The molecule has 9 heteroatoms. The van der Waals surface area contributed by atoms with Gasteiger partial charge in [0.05, 0.1) is 0 Å². The van der Waals surface area contributed by atoms with Crippen molar-refractivity contribution in [1.29, 1.82) is 0 Å². The topological polar surface area (TPSA) is 57.7 Å². The molecule has 3 aromatic rings. The highest BCUT2D eigenvalue weighted by molar-refractivity contribution is 6.31. The number of benzene rings is 2. The largest absolute Gasteiger partial charge is 0.460 e. The maximum atomic E-state index is 14.5. The standard InChI is InChI=1S/C22H15ClF3NO4/c23-16-14(17(24)19(26)27-18(16)25)15(20(28)29-11-12-7-3-1-4-8-12)22-30-21(31-22)13-9-5-2-6-10-13/h1-10,15,21-22H,11H2. The Morgan fingerprint density at radius 3 is 2.26 bits per heavy atom. The first kappa shape index (κ1) is 21.3. The van der Waals surface area contributed by atoms with Crippen molar-refractivity contribution in [2.75, 3.05) is 0 Å². The lowest BCUT2D eigenvalue weighted by Gasteiger charge is -2.40. The molecule has 0 radical (unpaired) electrons. The molecular weight excluding hydrogens is 435 g/mol. The summed E-state index contributed by atoms with van der Waals surface area (Å²) in [6, 6.07) is 17.4. The van der Waals surface area contributed by atoms with Gasteiger partial charge in [-0.2, -0.15) is 13.8 Å². The van der Waals surface area contributed by atoms with E-state index >= 15 is 0 Å². The van der Waals surface area contributed by atoms with Crippen LogP contribution in [0.3, 0.4) is 0 Å². The lowest BCUT2D eigenvalue weighted by molar-refractivity contribution is -0.395. The lowest BCUT2D eigenvalue weighted by atomic mass is 9.97. The van der Waals surface area contributed by atoms with E-state index < -0.39 is 52.8 Å². The third kappa shape index (κ3) is 4.41. The first-order valence-electron chi connectivity index (χ1n) is 9.22. The Morgan fingerprint density at radius 1 is 1.00 bits per heavy atom. The fourth-order valence-corrected chi connectivity index (χ4v) is 3.38. The molecule has 1 aromatic heterocycles. The first-order valence-corrected chi connectivity index (χ1v) is 9.60. The van der Waals surface area contributed by atoms with Gasteiger partial charge in [-0.25, -0.2) is 4.39 Å². The number of esters is 1. The highest BCUT2D eigenvalue weighted by Crippen LogP contribution is 2.43. The maximum absolute atomic E-state index is 14.5. The molecule has 0 saturated carbocycles. The van der Waals surface area contributed by atoms with E-state index in [1.165, 1.54) is 0 Å². The molecule has 5 nitrogen and oxygen atoms in total. The molecule has 0 bridgehead atoms. The number of aromatic nitrogens is 1. The summed E-state index contributed by atoms with van der Waals surface area (Å²) in [7, 11) is 0. The number of hydrogen-bond donors (Lipinski definition) is 0. The Kier molecular flexibility index (Phi) is 6.22. The van der Waals surface area contributed by atoms with Crippen LogP contribution in [0.15, 0.2) is 60.7 Å². The summed E-state index contributed by atoms with van der Waals surface area (Å²) in [6.45, 7) is -0.152. The Morgan fingerprint density at radius 2 is 1.61 bits per heavy atom. The number of rotatable bonds is 6. The highest BCUT2D eigenvalue weighted by Gasteiger charge is 2.46. The number of halogens is 4. The van der Waals surface area contributed by atoms with Crippen LogP contribution < -0.4 is 0 Å². The summed E-state index contributed by atoms with van der Waals surface area (Å²) in [6.07, 6.45) is -2.21. The predicted molar refractivity (Wildman–Crippen MR) is 103 cm³/mol. The molecule has 2 heterocycles. The van der Waals surface area contributed by atoms with E-state index in [0.29, 0.717) is 11.1 Å². The molecule has 0 N–H and O–H groups in total. The Balaban J connectivity index is 1.61. The van der Waals surface area contributed by atoms with Crippen LogP contribution in [0.1, 0.15) is 28.9 Å². The first-order chi connectivity index (χ1) is 15.0. The van der Waals surface area contributed by atoms with Gasteiger partial charge in [0.25, 0.3) is 5.95 Å². The molecule has 1 atom stereocenters. The highest BCUT2D eigenvalue weighted by atomic mass is 35.5. The minimum absolute atomic E-state index is 0.152. The summed E-state index contributed by atoms with van der Waals surface area (Å²) < 4.78 is 58.7. The second kappa shape index (κ2) is 9.05. The van der Waals surface area contributed by atoms with Crippen molar-refractivity contribution >= 4 is 17.6 Å². The van der Waals surface area contributed by atoms with Gasteiger partial charge >= 0.3 is 5.97 Å². The third-order valence-electron chi connectivity index (χ3n) is 4.68. The van der Waals surface area contributed by atoms with Gasteiger partial charge in [0.15, 0.2) is 18.4 Å². The van der Waals surface area contributed by atoms with Crippen LogP contribution in [0.2, 0.25) is 5.02 Å². The van der Waals surface area contributed by atoms with Crippen molar-refractivity contribution in [3.05, 3.63) is 100 Å². The zero-order valence-corrected chi connectivity index (χ0v) is 16.6. The average molecular weight is 450 g/mol. The van der Waals surface area contributed by atoms with Crippen molar-refractivity contribution in [2.45, 2.75) is 25.1 Å². The average Bonchev–Trinajstić information content (AvgIpc) is 2.75. The summed E-state index contributed by atoms with van der Waals surface area (Å²) in [5.41, 5.74) is 0.529. The van der Waals surface area contributed by atoms with E-state index in [0.717, 1.165) is 0 Å². The minimum Gasteiger partial charge on any atom is -0.460 e. The fraction of sp³-hybridized carbons (Fsp3) is 0.182. The summed E-state index contributed by atoms with van der Waals surface area (Å²) >= 11 is 5.84. The van der Waals surface area contributed by atoms with E-state index in [9.17, 15) is 18.0 Å². The molecule has 0 aliphatic carbocycles. The van der Waals surface area contributed by atoms with Crippen molar-refractivity contribution in [2.24, 2.45) is 0 Å². The quantitative estimate of drug-likeness (QED) is 0.389. The smallest absolute Gasteiger partial charge is 0.319 e. The van der Waals surface area contributed by atoms with Gasteiger partial charge in [-0.05, 0) is 5.56 Å². The van der Waals surface area contributed by atoms with E-state index in [1.807, 2.05) is 0 Å². The van der Waals surface area contributed by atoms with Gasteiger partial charge in [0.2, 0.25) is 5.95 Å². The fourth-order valence-electron chi connectivity index (χ4n) is 3.14. The number of pyridine rings is 1. The molecule has 2 aromatic carbocycles. The molecule has 1 unspecified atom stereocenters. The minimum atomic E-state index is -1.74. The van der Waals surface area contributed by atoms with Crippen molar-refractivity contribution in [3.8, 4) is 0 Å². The molecule has 1 saturated heterocycles. The number of carbonyl (C=O) groups is 1. The molecule has 31 heavy (non-hydrogen) atoms. The van der Waals surface area contributed by atoms with Gasteiger partial charge in [-0.1, -0.05) is 72.3 Å². The van der Waals surface area contributed by atoms with Crippen LogP contribution in [-0.2, 0) is 25.6 Å². The van der Waals surface area contributed by atoms with Crippen LogP contribution in [0.4, 0.5) is 13.2 Å². The molecule has 160 valence electrons. The zero-order chi connectivity index (χ0) is 22.0. The van der Waals surface area contributed by atoms with Gasteiger partial charge in [-0.15, -0.1) is 0 Å². The van der Waals surface area contributed by atoms with Crippen molar-refractivity contribution < 1.29 is 32.2 Å². The second-order valence-electron chi connectivity index (χ2n) is 6.69. The number of hydrogen-bond acceptors (Lipinski definition) is 5.